The van der Waals surface area contributed by atoms with E-state index < -0.39 is 34.2 Å². The van der Waals surface area contributed by atoms with Crippen LogP contribution in [0.1, 0.15) is 57.8 Å². The van der Waals surface area contributed by atoms with Crippen molar-refractivity contribution in [1.29, 1.82) is 0 Å². The molecule has 2 saturated carbocycles. The molecule has 54 heavy (non-hydrogen) atoms. The van der Waals surface area contributed by atoms with E-state index in [1.807, 2.05) is 18.3 Å². The van der Waals surface area contributed by atoms with E-state index in [9.17, 15) is 29.4 Å². The molecule has 2 fully saturated rings. The molecule has 276 valence electrons. The van der Waals surface area contributed by atoms with Gasteiger partial charge in [-0.25, -0.2) is 0 Å². The number of aromatic hydroxyl groups is 2. The number of hydrogen-bond acceptors (Lipinski definition) is 10. The number of H-pyrrole nitrogens is 1. The van der Waals surface area contributed by atoms with Crippen LogP contribution in [0, 0.1) is 0 Å². The van der Waals surface area contributed by atoms with Gasteiger partial charge >= 0.3 is 0 Å². The lowest BCUT2D eigenvalue weighted by Gasteiger charge is -2.18. The summed E-state index contributed by atoms with van der Waals surface area (Å²) in [7, 11) is 2.85. The number of thiophene rings is 1. The summed E-state index contributed by atoms with van der Waals surface area (Å²) >= 11 is 1.67. The highest BCUT2D eigenvalue weighted by molar-refractivity contribution is 7.08. The summed E-state index contributed by atoms with van der Waals surface area (Å²) in [5.41, 5.74) is 4.50. The van der Waals surface area contributed by atoms with Gasteiger partial charge in [0.15, 0.2) is 22.9 Å². The number of amides is 2. The third kappa shape index (κ3) is 7.30. The third-order valence-corrected chi connectivity index (χ3v) is 10.8. The highest BCUT2D eigenvalue weighted by atomic mass is 32.1. The lowest BCUT2D eigenvalue weighted by Crippen LogP contribution is -2.30. The number of carbonyl (C=O) groups excluding carboxylic acids is 2. The zero-order valence-corrected chi connectivity index (χ0v) is 30.4. The molecular formula is C39H38N8O6S. The number of aromatic amines is 1. The second-order valence-corrected chi connectivity index (χ2v) is 14.4. The van der Waals surface area contributed by atoms with Crippen LogP contribution in [-0.4, -0.2) is 65.9 Å². The van der Waals surface area contributed by atoms with Crippen molar-refractivity contribution < 1.29 is 19.8 Å². The van der Waals surface area contributed by atoms with Gasteiger partial charge in [0, 0.05) is 36.7 Å². The lowest BCUT2D eigenvalue weighted by molar-refractivity contribution is 0.0945. The molecule has 2 aromatic carbocycles. The summed E-state index contributed by atoms with van der Waals surface area (Å²) in [6.07, 6.45) is 10.1. The molecule has 2 aliphatic rings. The van der Waals surface area contributed by atoms with Gasteiger partial charge in [-0.15, -0.1) is 0 Å². The Labute approximate surface area is 313 Å². The van der Waals surface area contributed by atoms with E-state index in [1.54, 1.807) is 17.5 Å². The van der Waals surface area contributed by atoms with Crippen molar-refractivity contribution in [3.05, 3.63) is 133 Å². The predicted molar refractivity (Wildman–Crippen MR) is 203 cm³/mol. The molecule has 4 heterocycles. The number of rotatable bonds is 10. The summed E-state index contributed by atoms with van der Waals surface area (Å²) in [4.78, 5) is 47.6. The molecule has 0 atom stereocenters. The van der Waals surface area contributed by atoms with Crippen LogP contribution >= 0.6 is 11.3 Å². The Balaban J connectivity index is 0.000000167. The van der Waals surface area contributed by atoms with Gasteiger partial charge in [-0.1, -0.05) is 48.5 Å². The number of benzene rings is 2. The summed E-state index contributed by atoms with van der Waals surface area (Å²) in [6.45, 7) is 0.980. The topological polar surface area (TPSA) is 197 Å². The number of carbonyl (C=O) groups is 2. The standard InChI is InChI=1S/C20H19N3O3S.C19H19N5O3/c1-21-19(26)17-18(25)16(24)10-23(22-17)12-20(6-7-20)15-4-2-3-13(9-15)14-5-8-27-11-14;1-20-18(27)16-17(26)15(25)10-24(23-16)11-19(6-7-19)14-4-2-12(3-5-14)13-8-21-22-9-13/h2-5,8-11,24H,6-7,12H2,1H3,(H,21,26);2-5,8-10,25H,6-7,11H2,1H3,(H,20,27)(H,21,22). The third-order valence-electron chi connectivity index (χ3n) is 10.1. The lowest BCUT2D eigenvalue weighted by atomic mass is 9.93. The fourth-order valence-electron chi connectivity index (χ4n) is 6.62. The first-order valence-electron chi connectivity index (χ1n) is 17.3. The Morgan fingerprint density at radius 3 is 1.81 bits per heavy atom. The van der Waals surface area contributed by atoms with Gasteiger partial charge in [0.05, 0.1) is 31.7 Å². The molecule has 2 amide bonds. The van der Waals surface area contributed by atoms with Gasteiger partial charge in [0.1, 0.15) is 0 Å². The Bertz CT molecular complexity index is 2430. The fourth-order valence-corrected chi connectivity index (χ4v) is 7.29. The smallest absolute Gasteiger partial charge is 0.275 e. The average molecular weight is 747 g/mol. The molecule has 6 aromatic rings. The highest BCUT2D eigenvalue weighted by Gasteiger charge is 2.46. The molecule has 8 rings (SSSR count). The van der Waals surface area contributed by atoms with Crippen LogP contribution < -0.4 is 21.5 Å². The van der Waals surface area contributed by atoms with Gasteiger partial charge in [-0.3, -0.25) is 33.6 Å². The number of hydrogen-bond donors (Lipinski definition) is 5. The molecule has 0 radical (unpaired) electrons. The summed E-state index contributed by atoms with van der Waals surface area (Å²) in [6, 6.07) is 18.8. The van der Waals surface area contributed by atoms with Gasteiger partial charge in [-0.2, -0.15) is 26.6 Å². The van der Waals surface area contributed by atoms with E-state index in [1.165, 1.54) is 52.5 Å². The first-order valence-corrected chi connectivity index (χ1v) is 18.3. The molecule has 14 nitrogen and oxygen atoms in total. The van der Waals surface area contributed by atoms with Crippen molar-refractivity contribution in [2.24, 2.45) is 0 Å². The molecule has 0 unspecified atom stereocenters. The van der Waals surface area contributed by atoms with Crippen molar-refractivity contribution in [3.63, 3.8) is 0 Å². The van der Waals surface area contributed by atoms with E-state index in [0.29, 0.717) is 13.1 Å². The van der Waals surface area contributed by atoms with E-state index in [4.69, 9.17) is 0 Å². The Hall–Kier alpha value is -6.35. The first-order chi connectivity index (χ1) is 26.0. The normalized spacial score (nSPS) is 14.7. The van der Waals surface area contributed by atoms with Crippen LogP contribution in [0.3, 0.4) is 0 Å². The van der Waals surface area contributed by atoms with Crippen LogP contribution in [0.25, 0.3) is 22.3 Å². The minimum Gasteiger partial charge on any atom is -0.503 e. The van der Waals surface area contributed by atoms with Crippen molar-refractivity contribution in [1.82, 2.24) is 40.4 Å². The van der Waals surface area contributed by atoms with Gasteiger partial charge < -0.3 is 20.8 Å². The number of aromatic nitrogens is 6. The van der Waals surface area contributed by atoms with E-state index in [2.05, 4.69) is 84.3 Å². The summed E-state index contributed by atoms with van der Waals surface area (Å²) in [5.74, 6) is -2.16. The Kier molecular flexibility index (Phi) is 9.73. The van der Waals surface area contributed by atoms with Gasteiger partial charge in [0.25, 0.3) is 22.7 Å². The van der Waals surface area contributed by atoms with Crippen molar-refractivity contribution in [3.8, 4) is 33.8 Å². The first kappa shape index (κ1) is 36.0. The van der Waals surface area contributed by atoms with Crippen molar-refractivity contribution in [2.75, 3.05) is 14.1 Å². The van der Waals surface area contributed by atoms with Crippen LogP contribution in [-0.2, 0) is 23.9 Å². The van der Waals surface area contributed by atoms with Crippen LogP contribution in [0.4, 0.5) is 0 Å². The van der Waals surface area contributed by atoms with E-state index in [-0.39, 0.29) is 22.2 Å². The van der Waals surface area contributed by atoms with Gasteiger partial charge in [-0.05, 0) is 70.3 Å². The zero-order chi connectivity index (χ0) is 38.0. The van der Waals surface area contributed by atoms with Gasteiger partial charge in [0.2, 0.25) is 0 Å². The summed E-state index contributed by atoms with van der Waals surface area (Å²) < 4.78 is 2.99. The SMILES string of the molecule is CNC(=O)c1nn(CC2(c3ccc(-c4cn[nH]c4)cc3)CC2)cc(O)c1=O.CNC(=O)c1nn(CC2(c3cccc(-c4ccsc4)c3)CC2)cc(O)c1=O. The second-order valence-electron chi connectivity index (χ2n) is 13.7. The minimum absolute atomic E-state index is 0.0967. The molecule has 0 spiro atoms. The van der Waals surface area contributed by atoms with Crippen LogP contribution in [0.15, 0.2) is 99.7 Å². The monoisotopic (exact) mass is 746 g/mol. The average Bonchev–Trinajstić information content (AvgIpc) is 3.98. The Morgan fingerprint density at radius 2 is 1.33 bits per heavy atom. The minimum atomic E-state index is -0.764. The number of nitrogens with one attached hydrogen (secondary N) is 3. The van der Waals surface area contributed by atoms with E-state index in [0.717, 1.165) is 42.4 Å². The zero-order valence-electron chi connectivity index (χ0n) is 29.6. The maximum atomic E-state index is 12.0. The quantitative estimate of drug-likeness (QED) is 0.136. The maximum Gasteiger partial charge on any atom is 0.275 e. The molecule has 2 aliphatic carbocycles. The molecular weight excluding hydrogens is 709 g/mol. The second kappa shape index (κ2) is 14.6. The predicted octanol–water partition coefficient (Wildman–Crippen LogP) is 4.20. The van der Waals surface area contributed by atoms with E-state index >= 15 is 0 Å². The number of nitrogens with zero attached hydrogens (tertiary/aromatic N) is 5. The maximum absolute atomic E-state index is 12.0. The largest absolute Gasteiger partial charge is 0.503 e. The molecule has 0 bridgehead atoms. The van der Waals surface area contributed by atoms with Crippen LogP contribution in [0.2, 0.25) is 0 Å². The molecule has 0 saturated heterocycles. The molecule has 15 heteroatoms. The highest BCUT2D eigenvalue weighted by Crippen LogP contribution is 2.51. The van der Waals surface area contributed by atoms with Crippen LogP contribution in [0.5, 0.6) is 11.5 Å². The van der Waals surface area contributed by atoms with Crippen molar-refractivity contribution >= 4 is 23.2 Å². The fraction of sp³-hybridized carbons (Fsp3) is 0.256. The van der Waals surface area contributed by atoms with Crippen molar-refractivity contribution in [2.45, 2.75) is 49.6 Å². The Morgan fingerprint density at radius 1 is 0.759 bits per heavy atom. The molecule has 5 N–H and O–H groups in total. The molecule has 0 aliphatic heterocycles. The summed E-state index contributed by atoms with van der Waals surface area (Å²) in [5, 5.41) is 43.8. The molecule has 4 aromatic heterocycles.